The summed E-state index contributed by atoms with van der Waals surface area (Å²) in [5, 5.41) is 4.61. The van der Waals surface area contributed by atoms with E-state index in [1.54, 1.807) is 11.4 Å². The van der Waals surface area contributed by atoms with Crippen LogP contribution < -0.4 is 5.32 Å². The van der Waals surface area contributed by atoms with Gasteiger partial charge in [-0.3, -0.25) is 0 Å². The number of hydrogen-bond acceptors (Lipinski definition) is 4. The van der Waals surface area contributed by atoms with Gasteiger partial charge in [0, 0.05) is 23.8 Å². The Hall–Kier alpha value is -0.870. The second-order valence-electron chi connectivity index (χ2n) is 3.24. The molecule has 88 valence electrons. The molecule has 0 saturated heterocycles. The predicted molar refractivity (Wildman–Crippen MR) is 65.7 cm³/mol. The molecule has 0 radical (unpaired) electrons. The Balaban J connectivity index is 2.95. The Morgan fingerprint density at radius 3 is 2.88 bits per heavy atom. The Morgan fingerprint density at radius 1 is 1.62 bits per heavy atom. The summed E-state index contributed by atoms with van der Waals surface area (Å²) in [5.41, 5.74) is 0. The molecular weight excluding hydrogens is 244 g/mol. The summed E-state index contributed by atoms with van der Waals surface area (Å²) >= 11 is 1.42. The highest BCUT2D eigenvalue weighted by atomic mass is 32.2. The average molecular weight is 258 g/mol. The molecule has 0 unspecified atom stereocenters. The zero-order valence-corrected chi connectivity index (χ0v) is 10.9. The molecule has 0 atom stereocenters. The summed E-state index contributed by atoms with van der Waals surface area (Å²) in [6.07, 6.45) is 5.09. The lowest BCUT2D eigenvalue weighted by Crippen LogP contribution is -2.26. The minimum atomic E-state index is -3.43. The molecule has 0 aliphatic carbocycles. The molecule has 1 rings (SSSR count). The highest BCUT2D eigenvalue weighted by Gasteiger charge is 2.21. The fraction of sp³-hybridized carbons (Fsp3) is 0.400. The molecule has 0 saturated carbocycles. The van der Waals surface area contributed by atoms with Gasteiger partial charge in [0.15, 0.2) is 0 Å². The third kappa shape index (κ3) is 2.83. The van der Waals surface area contributed by atoms with Crippen molar-refractivity contribution in [3.8, 4) is 12.3 Å². The zero-order valence-electron chi connectivity index (χ0n) is 9.23. The van der Waals surface area contributed by atoms with E-state index in [0.717, 1.165) is 9.18 Å². The molecule has 0 amide bonds. The van der Waals surface area contributed by atoms with Crippen LogP contribution in [0.2, 0.25) is 0 Å². The maximum absolute atomic E-state index is 12.0. The number of terminal acetylenes is 1. The fourth-order valence-electron chi connectivity index (χ4n) is 1.16. The highest BCUT2D eigenvalue weighted by Crippen LogP contribution is 2.21. The number of sulfonamides is 1. The van der Waals surface area contributed by atoms with Crippen LogP contribution in [0.5, 0.6) is 0 Å². The Morgan fingerprint density at radius 2 is 2.31 bits per heavy atom. The smallest absolute Gasteiger partial charge is 0.244 e. The number of thiophene rings is 1. The van der Waals surface area contributed by atoms with Crippen molar-refractivity contribution in [2.75, 3.05) is 20.6 Å². The molecule has 0 fully saturated rings. The van der Waals surface area contributed by atoms with Crippen LogP contribution >= 0.6 is 11.3 Å². The maximum Gasteiger partial charge on any atom is 0.244 e. The SMILES string of the molecule is C#CCN(C)S(=O)(=O)c1csc(CNC)c1. The summed E-state index contributed by atoms with van der Waals surface area (Å²) in [5.74, 6) is 2.31. The molecule has 1 aromatic rings. The van der Waals surface area contributed by atoms with Gasteiger partial charge >= 0.3 is 0 Å². The second-order valence-corrected chi connectivity index (χ2v) is 6.28. The Kier molecular flexibility index (Phi) is 4.50. The van der Waals surface area contributed by atoms with Crippen LogP contribution in [0, 0.1) is 12.3 Å². The van der Waals surface area contributed by atoms with Crippen molar-refractivity contribution in [2.24, 2.45) is 0 Å². The first-order valence-corrected chi connectivity index (χ1v) is 6.96. The molecule has 1 heterocycles. The van der Waals surface area contributed by atoms with Gasteiger partial charge in [0.2, 0.25) is 10.0 Å². The van der Waals surface area contributed by atoms with Gasteiger partial charge in [0.05, 0.1) is 11.4 Å². The van der Waals surface area contributed by atoms with Crippen molar-refractivity contribution in [1.82, 2.24) is 9.62 Å². The predicted octanol–water partition coefficient (Wildman–Crippen LogP) is 0.721. The topological polar surface area (TPSA) is 49.4 Å². The van der Waals surface area contributed by atoms with Crippen molar-refractivity contribution >= 4 is 21.4 Å². The van der Waals surface area contributed by atoms with Crippen molar-refractivity contribution < 1.29 is 8.42 Å². The van der Waals surface area contributed by atoms with Gasteiger partial charge in [-0.1, -0.05) is 5.92 Å². The molecule has 4 nitrogen and oxygen atoms in total. The highest BCUT2D eigenvalue weighted by molar-refractivity contribution is 7.89. The monoisotopic (exact) mass is 258 g/mol. The lowest BCUT2D eigenvalue weighted by atomic mass is 10.5. The Bertz CT molecular complexity index is 485. The molecule has 0 aromatic carbocycles. The summed E-state index contributed by atoms with van der Waals surface area (Å²) in [6, 6.07) is 1.67. The van der Waals surface area contributed by atoms with Gasteiger partial charge < -0.3 is 5.32 Å². The summed E-state index contributed by atoms with van der Waals surface area (Å²) in [7, 11) is -0.131. The summed E-state index contributed by atoms with van der Waals surface area (Å²) in [4.78, 5) is 1.29. The third-order valence-corrected chi connectivity index (χ3v) is 4.87. The average Bonchev–Trinajstić information content (AvgIpc) is 2.68. The lowest BCUT2D eigenvalue weighted by molar-refractivity contribution is 0.503. The Labute approximate surface area is 100 Å². The quantitative estimate of drug-likeness (QED) is 0.792. The first-order valence-electron chi connectivity index (χ1n) is 4.64. The largest absolute Gasteiger partial charge is 0.315 e. The first kappa shape index (κ1) is 13.2. The number of nitrogens with one attached hydrogen (secondary N) is 1. The zero-order chi connectivity index (χ0) is 12.2. The molecule has 0 aliphatic heterocycles. The van der Waals surface area contributed by atoms with E-state index in [1.807, 2.05) is 7.05 Å². The van der Waals surface area contributed by atoms with Gasteiger partial charge in [-0.2, -0.15) is 4.31 Å². The van der Waals surface area contributed by atoms with Crippen molar-refractivity contribution in [1.29, 1.82) is 0 Å². The van der Waals surface area contributed by atoms with Crippen LogP contribution in [0.3, 0.4) is 0 Å². The van der Waals surface area contributed by atoms with Crippen LogP contribution in [0.1, 0.15) is 4.88 Å². The van der Waals surface area contributed by atoms with Crippen LogP contribution in [0.15, 0.2) is 16.3 Å². The van der Waals surface area contributed by atoms with Crippen molar-refractivity contribution in [2.45, 2.75) is 11.4 Å². The van der Waals surface area contributed by atoms with E-state index < -0.39 is 10.0 Å². The van der Waals surface area contributed by atoms with Gasteiger partial charge in [-0.15, -0.1) is 17.8 Å². The molecule has 0 bridgehead atoms. The van der Waals surface area contributed by atoms with E-state index in [2.05, 4.69) is 11.2 Å². The minimum absolute atomic E-state index is 0.0829. The van der Waals surface area contributed by atoms with Gasteiger partial charge in [0.1, 0.15) is 0 Å². The van der Waals surface area contributed by atoms with E-state index >= 15 is 0 Å². The molecule has 16 heavy (non-hydrogen) atoms. The van der Waals surface area contributed by atoms with Crippen LogP contribution in [-0.4, -0.2) is 33.4 Å². The van der Waals surface area contributed by atoms with Gasteiger partial charge in [-0.05, 0) is 13.1 Å². The third-order valence-electron chi connectivity index (χ3n) is 2.00. The molecule has 1 N–H and O–H groups in total. The molecule has 0 aliphatic rings. The van der Waals surface area contributed by atoms with Crippen LogP contribution in [0.25, 0.3) is 0 Å². The van der Waals surface area contributed by atoms with E-state index in [-0.39, 0.29) is 6.54 Å². The second kappa shape index (κ2) is 5.46. The number of rotatable bonds is 5. The van der Waals surface area contributed by atoms with E-state index in [4.69, 9.17) is 6.42 Å². The van der Waals surface area contributed by atoms with E-state index in [1.165, 1.54) is 18.4 Å². The maximum atomic E-state index is 12.0. The van der Waals surface area contributed by atoms with Gasteiger partial charge in [0.25, 0.3) is 0 Å². The van der Waals surface area contributed by atoms with E-state index in [9.17, 15) is 8.42 Å². The van der Waals surface area contributed by atoms with Crippen molar-refractivity contribution in [3.63, 3.8) is 0 Å². The normalized spacial score (nSPS) is 11.6. The number of hydrogen-bond donors (Lipinski definition) is 1. The first-order chi connectivity index (χ1) is 7.52. The summed E-state index contributed by atoms with van der Waals surface area (Å²) < 4.78 is 25.1. The van der Waals surface area contributed by atoms with Crippen LogP contribution in [0.4, 0.5) is 0 Å². The van der Waals surface area contributed by atoms with Gasteiger partial charge in [-0.25, -0.2) is 8.42 Å². The fourth-order valence-corrected chi connectivity index (χ4v) is 3.52. The summed E-state index contributed by atoms with van der Waals surface area (Å²) in [6.45, 7) is 0.749. The van der Waals surface area contributed by atoms with Crippen molar-refractivity contribution in [3.05, 3.63) is 16.3 Å². The molecule has 0 spiro atoms. The standard InChI is InChI=1S/C10H14N2O2S2/c1-4-5-12(3)16(13,14)10-6-9(7-11-2)15-8-10/h1,6,8,11H,5,7H2,2-3H3. The van der Waals surface area contributed by atoms with E-state index in [0.29, 0.717) is 11.4 Å². The number of nitrogens with zero attached hydrogens (tertiary/aromatic N) is 1. The lowest BCUT2D eigenvalue weighted by Gasteiger charge is -2.12. The van der Waals surface area contributed by atoms with Crippen LogP contribution in [-0.2, 0) is 16.6 Å². The minimum Gasteiger partial charge on any atom is -0.315 e. The molecule has 1 aromatic heterocycles. The molecular formula is C10H14N2O2S2. The molecule has 6 heteroatoms.